The van der Waals surface area contributed by atoms with Gasteiger partial charge in [-0.3, -0.25) is 42.6 Å². The Labute approximate surface area is 314 Å². The fourth-order valence-corrected chi connectivity index (χ4v) is 8.05. The van der Waals surface area contributed by atoms with Gasteiger partial charge < -0.3 is 50.9 Å². The molecule has 10 N–H and O–H groups in total. The van der Waals surface area contributed by atoms with Crippen molar-refractivity contribution in [2.24, 2.45) is 5.41 Å². The van der Waals surface area contributed by atoms with E-state index in [0.29, 0.717) is 11.8 Å². The fourth-order valence-electron chi connectivity index (χ4n) is 4.49. The number of carbonyl (C=O) groups is 3. The molecule has 8 atom stereocenters. The number of anilines is 1. The van der Waals surface area contributed by atoms with Crippen LogP contribution in [0.1, 0.15) is 33.4 Å². The zero-order valence-electron chi connectivity index (χ0n) is 28.9. The van der Waals surface area contributed by atoms with Crippen molar-refractivity contribution < 1.29 is 85.4 Å². The third-order valence-electron chi connectivity index (χ3n) is 7.40. The Balaban J connectivity index is 1.50. The van der Waals surface area contributed by atoms with Crippen LogP contribution in [0.15, 0.2) is 12.7 Å². The van der Waals surface area contributed by atoms with Crippen molar-refractivity contribution in [2.75, 3.05) is 37.8 Å². The van der Waals surface area contributed by atoms with Crippen LogP contribution < -0.4 is 16.4 Å². The van der Waals surface area contributed by atoms with Gasteiger partial charge in [0, 0.05) is 42.5 Å². The van der Waals surface area contributed by atoms with Crippen LogP contribution in [0.4, 0.5) is 5.82 Å². The van der Waals surface area contributed by atoms with Crippen molar-refractivity contribution in [1.82, 2.24) is 30.2 Å². The minimum absolute atomic E-state index is 0.00441. The number of nitrogens with zero attached hydrogens (tertiary/aromatic N) is 5. The molecular weight excluding hydrogens is 829 g/mol. The highest BCUT2D eigenvalue weighted by molar-refractivity contribution is 8.13. The van der Waals surface area contributed by atoms with Crippen molar-refractivity contribution in [3.8, 4) is 0 Å². The average Bonchev–Trinajstić information content (AvgIpc) is 3.64. The number of fused-ring (bicyclic) bond motifs is 1. The molecule has 2 amide bonds. The zero-order chi connectivity index (χ0) is 41.5. The van der Waals surface area contributed by atoms with Crippen molar-refractivity contribution in [2.45, 2.75) is 63.9 Å². The summed E-state index contributed by atoms with van der Waals surface area (Å²) in [6.45, 7) is 1.19. The quantitative estimate of drug-likeness (QED) is 0.0293. The summed E-state index contributed by atoms with van der Waals surface area (Å²) in [5, 5.41) is 36.0. The Kier molecular flexibility index (Phi) is 16.0. The maximum Gasteiger partial charge on any atom is 0.481 e. The molecule has 3 heterocycles. The number of hydrogen-bond donors (Lipinski definition) is 9. The standard InChI is InChI=1S/C24H39N8O19P3S/c1-12(32(38)39)23(37)55-7-6-26-14(33)4-5-27-21(36)18(35)24(2,3)9-48-54(45,46)51-53(43,44)47-8-13-17(50-52(40,41)42)16(34)22(49-13)31-11-30-15-19(25)28-10-29-20(15)31/h10-13,16-18,22,34-35H,4-9H2,1-3H3,(H,26,33)(H,27,36)(H,43,44)(H,45,46)(H2,25,28,29)(H2,40,41,42)/t12?,13-,16-,17-,18+,22-/m1/s1. The topological polar surface area (TPSA) is 407 Å². The molecule has 1 aliphatic rings. The van der Waals surface area contributed by atoms with E-state index in [-0.39, 0.29) is 42.2 Å². The molecule has 0 aromatic carbocycles. The summed E-state index contributed by atoms with van der Waals surface area (Å²) >= 11 is 0.665. The Morgan fingerprint density at radius 3 is 2.40 bits per heavy atom. The number of aliphatic hydroxyl groups is 2. The first-order valence-electron chi connectivity index (χ1n) is 15.5. The van der Waals surface area contributed by atoms with Gasteiger partial charge in [0.05, 0.1) is 19.5 Å². The molecular formula is C24H39N8O19P3S. The van der Waals surface area contributed by atoms with Crippen LogP contribution in [-0.2, 0) is 50.7 Å². The zero-order valence-corrected chi connectivity index (χ0v) is 32.4. The molecule has 0 spiro atoms. The van der Waals surface area contributed by atoms with Gasteiger partial charge in [0.1, 0.15) is 36.3 Å². The van der Waals surface area contributed by atoms with Crippen LogP contribution in [0, 0.1) is 15.5 Å². The highest BCUT2D eigenvalue weighted by Crippen LogP contribution is 2.61. The molecule has 0 aliphatic carbocycles. The van der Waals surface area contributed by atoms with Gasteiger partial charge >= 0.3 is 23.5 Å². The average molecular weight is 869 g/mol. The van der Waals surface area contributed by atoms with E-state index in [9.17, 15) is 68.0 Å². The molecule has 2 aromatic rings. The van der Waals surface area contributed by atoms with Crippen molar-refractivity contribution in [1.29, 1.82) is 0 Å². The molecule has 2 aromatic heterocycles. The molecule has 0 radical (unpaired) electrons. The van der Waals surface area contributed by atoms with Gasteiger partial charge in [-0.2, -0.15) is 4.31 Å². The van der Waals surface area contributed by atoms with Gasteiger partial charge in [-0.05, 0) is 0 Å². The van der Waals surface area contributed by atoms with E-state index in [4.69, 9.17) is 19.5 Å². The summed E-state index contributed by atoms with van der Waals surface area (Å²) < 4.78 is 61.8. The molecule has 27 nitrogen and oxygen atoms in total. The smallest absolute Gasteiger partial charge is 0.386 e. The normalized spacial score (nSPS) is 22.3. The van der Waals surface area contributed by atoms with Crippen LogP contribution >= 0.6 is 35.2 Å². The van der Waals surface area contributed by atoms with Crippen molar-refractivity contribution in [3.05, 3.63) is 22.8 Å². The molecule has 55 heavy (non-hydrogen) atoms. The lowest BCUT2D eigenvalue weighted by atomic mass is 9.87. The van der Waals surface area contributed by atoms with Gasteiger partial charge in [0.15, 0.2) is 17.7 Å². The Bertz CT molecular complexity index is 1860. The molecule has 31 heteroatoms. The monoisotopic (exact) mass is 868 g/mol. The molecule has 3 unspecified atom stereocenters. The van der Waals surface area contributed by atoms with Gasteiger partial charge in [0.25, 0.3) is 11.2 Å². The third-order valence-corrected chi connectivity index (χ3v) is 11.5. The first kappa shape index (κ1) is 46.3. The lowest BCUT2D eigenvalue weighted by Crippen LogP contribution is -2.46. The number of imidazole rings is 1. The number of nitrogen functional groups attached to an aromatic ring is 1. The van der Waals surface area contributed by atoms with E-state index in [0.717, 1.165) is 24.1 Å². The number of phosphoric acid groups is 3. The predicted octanol–water partition coefficient (Wildman–Crippen LogP) is -1.67. The van der Waals surface area contributed by atoms with Crippen LogP contribution in [0.25, 0.3) is 11.2 Å². The lowest BCUT2D eigenvalue weighted by molar-refractivity contribution is -0.501. The minimum Gasteiger partial charge on any atom is -0.386 e. The number of amides is 2. The number of aromatic nitrogens is 4. The number of nitro groups is 1. The van der Waals surface area contributed by atoms with E-state index in [1.807, 2.05) is 0 Å². The second-order valence-corrected chi connectivity index (χ2v) is 17.5. The number of nitrogens with one attached hydrogen (secondary N) is 2. The van der Waals surface area contributed by atoms with Gasteiger partial charge in [-0.1, -0.05) is 25.6 Å². The summed E-state index contributed by atoms with van der Waals surface area (Å²) in [6.07, 6.45) is -7.16. The number of thioether (sulfide) groups is 1. The second kappa shape index (κ2) is 18.9. The minimum atomic E-state index is -5.59. The van der Waals surface area contributed by atoms with Gasteiger partial charge in [-0.25, -0.2) is 28.6 Å². The Hall–Kier alpha value is -3.04. The Morgan fingerprint density at radius 1 is 1.11 bits per heavy atom. The molecule has 1 saturated heterocycles. The summed E-state index contributed by atoms with van der Waals surface area (Å²) in [6, 6.07) is -1.40. The fraction of sp³-hybridized carbons (Fsp3) is 0.667. The molecule has 3 rings (SSSR count). The number of hydrogen-bond acceptors (Lipinski definition) is 20. The summed E-state index contributed by atoms with van der Waals surface area (Å²) in [7, 11) is -16.5. The largest absolute Gasteiger partial charge is 0.481 e. The Morgan fingerprint density at radius 2 is 1.76 bits per heavy atom. The van der Waals surface area contributed by atoms with E-state index in [2.05, 4.69) is 34.4 Å². The van der Waals surface area contributed by atoms with Crippen LogP contribution in [0.3, 0.4) is 0 Å². The van der Waals surface area contributed by atoms with E-state index >= 15 is 0 Å². The van der Waals surface area contributed by atoms with E-state index in [1.165, 1.54) is 13.8 Å². The SMILES string of the molecule is CC(C(=O)SCCNC(=O)CCNC(=O)[C@H](O)C(C)(C)COP(=O)(O)OP(=O)(O)OC[C@H]1O[C@@H](n2cnc3c(N)ncnc32)[C@H](O)[C@@H]1OP(=O)(O)O)[N+](=O)[O-]. The second-order valence-electron chi connectivity index (χ2n) is 12.2. The van der Waals surface area contributed by atoms with Crippen molar-refractivity contribution in [3.63, 3.8) is 0 Å². The number of aliphatic hydroxyl groups excluding tert-OH is 2. The van der Waals surface area contributed by atoms with Crippen molar-refractivity contribution >= 4 is 69.1 Å². The molecule has 0 saturated carbocycles. The lowest BCUT2D eigenvalue weighted by Gasteiger charge is -2.30. The van der Waals surface area contributed by atoms with Crippen LogP contribution in [0.2, 0.25) is 0 Å². The third kappa shape index (κ3) is 13.5. The van der Waals surface area contributed by atoms with E-state index < -0.39 is 101 Å². The van der Waals surface area contributed by atoms with Crippen LogP contribution in [-0.4, -0.2) is 134 Å². The summed E-state index contributed by atoms with van der Waals surface area (Å²) in [5.41, 5.74) is 4.18. The maximum atomic E-state index is 12.6. The molecule has 0 bridgehead atoms. The number of carbonyl (C=O) groups excluding carboxylic acids is 3. The molecule has 1 aliphatic heterocycles. The van der Waals surface area contributed by atoms with E-state index in [1.54, 1.807) is 0 Å². The molecule has 1 fully saturated rings. The maximum absolute atomic E-state index is 12.6. The number of nitrogens with two attached hydrogens (primary N) is 1. The van der Waals surface area contributed by atoms with Crippen LogP contribution in [0.5, 0.6) is 0 Å². The summed E-state index contributed by atoms with van der Waals surface area (Å²) in [5.74, 6) is -1.59. The highest BCUT2D eigenvalue weighted by atomic mass is 32.2. The van der Waals surface area contributed by atoms with Gasteiger partial charge in [0.2, 0.25) is 11.8 Å². The van der Waals surface area contributed by atoms with Gasteiger partial charge in [-0.15, -0.1) is 0 Å². The number of rotatable bonds is 21. The number of phosphoric ester groups is 3. The highest BCUT2D eigenvalue weighted by Gasteiger charge is 2.50. The molecule has 310 valence electrons. The predicted molar refractivity (Wildman–Crippen MR) is 184 cm³/mol. The summed E-state index contributed by atoms with van der Waals surface area (Å²) in [4.78, 5) is 96.7. The first-order chi connectivity index (χ1) is 25.3. The first-order valence-corrected chi connectivity index (χ1v) is 21.0. The number of ether oxygens (including phenoxy) is 1.